The predicted molar refractivity (Wildman–Crippen MR) is 67.4 cm³/mol. The zero-order valence-electron chi connectivity index (χ0n) is 10.4. The standard InChI is InChI=1S/C12H7ClF4N2O2/c1-5-2-3-6(4-7(5)12(15,16)17)19-10(20)8(14)9(13)18-11(19)21/h2-4H,1H3,(H,18,21). The van der Waals surface area contributed by atoms with E-state index in [4.69, 9.17) is 11.6 Å². The molecule has 9 heteroatoms. The molecule has 0 bridgehead atoms. The number of alkyl halides is 3. The maximum absolute atomic E-state index is 13.4. The summed E-state index contributed by atoms with van der Waals surface area (Å²) in [6, 6.07) is 2.78. The molecule has 0 unspecified atom stereocenters. The highest BCUT2D eigenvalue weighted by Crippen LogP contribution is 2.32. The number of nitrogens with zero attached hydrogens (tertiary/aromatic N) is 1. The second-order valence-corrected chi connectivity index (χ2v) is 4.57. The molecule has 1 N–H and O–H groups in total. The zero-order chi connectivity index (χ0) is 15.9. The van der Waals surface area contributed by atoms with E-state index >= 15 is 0 Å². The fourth-order valence-electron chi connectivity index (χ4n) is 1.78. The monoisotopic (exact) mass is 322 g/mol. The first-order valence-electron chi connectivity index (χ1n) is 5.51. The van der Waals surface area contributed by atoms with Gasteiger partial charge in [-0.1, -0.05) is 17.7 Å². The number of H-pyrrole nitrogens is 1. The van der Waals surface area contributed by atoms with E-state index in [1.807, 2.05) is 4.98 Å². The van der Waals surface area contributed by atoms with Gasteiger partial charge in [0.1, 0.15) is 0 Å². The Kier molecular flexibility index (Phi) is 3.66. The SMILES string of the molecule is Cc1ccc(-n2c(=O)[nH]c(Cl)c(F)c2=O)cc1C(F)(F)F. The van der Waals surface area contributed by atoms with Gasteiger partial charge in [-0.25, -0.2) is 9.36 Å². The summed E-state index contributed by atoms with van der Waals surface area (Å²) in [7, 11) is 0. The Hall–Kier alpha value is -2.09. The summed E-state index contributed by atoms with van der Waals surface area (Å²) < 4.78 is 52.1. The van der Waals surface area contributed by atoms with E-state index in [-0.39, 0.29) is 10.1 Å². The highest BCUT2D eigenvalue weighted by atomic mass is 35.5. The third kappa shape index (κ3) is 2.71. The summed E-state index contributed by atoms with van der Waals surface area (Å²) in [6.07, 6.45) is -4.67. The van der Waals surface area contributed by atoms with Crippen LogP contribution in [0.4, 0.5) is 17.6 Å². The Morgan fingerprint density at radius 3 is 2.43 bits per heavy atom. The van der Waals surface area contributed by atoms with Gasteiger partial charge in [-0.15, -0.1) is 0 Å². The van der Waals surface area contributed by atoms with Crippen LogP contribution in [0.5, 0.6) is 0 Å². The van der Waals surface area contributed by atoms with Gasteiger partial charge in [0.2, 0.25) is 5.82 Å². The molecule has 0 fully saturated rings. The summed E-state index contributed by atoms with van der Waals surface area (Å²) in [6.45, 7) is 1.22. The minimum Gasteiger partial charge on any atom is -0.295 e. The van der Waals surface area contributed by atoms with Gasteiger partial charge in [0, 0.05) is 0 Å². The molecule has 2 rings (SSSR count). The first-order valence-corrected chi connectivity index (χ1v) is 5.89. The Balaban J connectivity index is 2.79. The fraction of sp³-hybridized carbons (Fsp3) is 0.167. The number of halogens is 5. The third-order valence-corrected chi connectivity index (χ3v) is 3.05. The van der Waals surface area contributed by atoms with Gasteiger partial charge in [-0.05, 0) is 24.6 Å². The second-order valence-electron chi connectivity index (χ2n) is 4.20. The van der Waals surface area contributed by atoms with Gasteiger partial charge in [-0.2, -0.15) is 17.6 Å². The van der Waals surface area contributed by atoms with E-state index in [1.165, 1.54) is 6.92 Å². The molecule has 1 aromatic carbocycles. The fourth-order valence-corrected chi connectivity index (χ4v) is 1.94. The van der Waals surface area contributed by atoms with Crippen molar-refractivity contribution in [3.63, 3.8) is 0 Å². The minimum absolute atomic E-state index is 0.0924. The normalized spacial score (nSPS) is 11.7. The van der Waals surface area contributed by atoms with E-state index in [0.29, 0.717) is 6.07 Å². The van der Waals surface area contributed by atoms with Crippen molar-refractivity contribution >= 4 is 11.6 Å². The van der Waals surface area contributed by atoms with Crippen LogP contribution in [0.15, 0.2) is 27.8 Å². The van der Waals surface area contributed by atoms with Crippen molar-refractivity contribution < 1.29 is 17.6 Å². The number of rotatable bonds is 1. The van der Waals surface area contributed by atoms with Gasteiger partial charge < -0.3 is 0 Å². The average Bonchev–Trinajstić information content (AvgIpc) is 2.36. The lowest BCUT2D eigenvalue weighted by Crippen LogP contribution is -2.36. The molecule has 4 nitrogen and oxygen atoms in total. The highest BCUT2D eigenvalue weighted by molar-refractivity contribution is 6.29. The number of aryl methyl sites for hydroxylation is 1. The second kappa shape index (κ2) is 5.03. The van der Waals surface area contributed by atoms with E-state index in [0.717, 1.165) is 12.1 Å². The van der Waals surface area contributed by atoms with Crippen molar-refractivity contribution in [2.75, 3.05) is 0 Å². The van der Waals surface area contributed by atoms with Crippen LogP contribution in [0, 0.1) is 12.7 Å². The Labute approximate surface area is 119 Å². The van der Waals surface area contributed by atoms with Crippen LogP contribution < -0.4 is 11.2 Å². The van der Waals surface area contributed by atoms with Crippen molar-refractivity contribution in [1.82, 2.24) is 9.55 Å². The molecule has 0 radical (unpaired) electrons. The van der Waals surface area contributed by atoms with Gasteiger partial charge >= 0.3 is 11.9 Å². The van der Waals surface area contributed by atoms with Gasteiger partial charge in [0.05, 0.1) is 11.3 Å². The molecule has 0 aliphatic heterocycles. The van der Waals surface area contributed by atoms with Crippen molar-refractivity contribution in [3.05, 3.63) is 61.1 Å². The van der Waals surface area contributed by atoms with Gasteiger partial charge in [-0.3, -0.25) is 9.78 Å². The van der Waals surface area contributed by atoms with Crippen molar-refractivity contribution in [1.29, 1.82) is 0 Å². The van der Waals surface area contributed by atoms with Crippen LogP contribution in [0.25, 0.3) is 5.69 Å². The molecule has 0 spiro atoms. The predicted octanol–water partition coefficient (Wildman–Crippen LogP) is 2.65. The van der Waals surface area contributed by atoms with Crippen molar-refractivity contribution in [3.8, 4) is 5.69 Å². The number of nitrogens with one attached hydrogen (secondary N) is 1. The van der Waals surface area contributed by atoms with Crippen LogP contribution in [-0.2, 0) is 6.18 Å². The molecular weight excluding hydrogens is 316 g/mol. The van der Waals surface area contributed by atoms with Gasteiger partial charge in [0.15, 0.2) is 5.15 Å². The first-order chi connectivity index (χ1) is 9.62. The lowest BCUT2D eigenvalue weighted by molar-refractivity contribution is -0.138. The summed E-state index contributed by atoms with van der Waals surface area (Å²) >= 11 is 5.28. The summed E-state index contributed by atoms with van der Waals surface area (Å²) in [4.78, 5) is 25.1. The van der Waals surface area contributed by atoms with Crippen LogP contribution in [0.1, 0.15) is 11.1 Å². The molecule has 0 aliphatic rings. The third-order valence-electron chi connectivity index (χ3n) is 2.79. The van der Waals surface area contributed by atoms with Gasteiger partial charge in [0.25, 0.3) is 5.56 Å². The maximum Gasteiger partial charge on any atom is 0.416 e. The molecule has 0 amide bonds. The van der Waals surface area contributed by atoms with E-state index in [9.17, 15) is 27.2 Å². The Bertz CT molecular complexity index is 823. The van der Waals surface area contributed by atoms with Crippen molar-refractivity contribution in [2.24, 2.45) is 0 Å². The van der Waals surface area contributed by atoms with E-state index < -0.39 is 39.6 Å². The quantitative estimate of drug-likeness (QED) is 0.648. The molecule has 1 heterocycles. The van der Waals surface area contributed by atoms with E-state index in [2.05, 4.69) is 0 Å². The molecule has 1 aromatic heterocycles. The van der Waals surface area contributed by atoms with Crippen LogP contribution >= 0.6 is 11.6 Å². The number of hydrogen-bond donors (Lipinski definition) is 1. The molecule has 21 heavy (non-hydrogen) atoms. The first kappa shape index (κ1) is 15.3. The number of aromatic amines is 1. The molecule has 0 saturated carbocycles. The summed E-state index contributed by atoms with van der Waals surface area (Å²) in [5, 5.41) is -0.801. The molecule has 0 saturated heterocycles. The number of aromatic nitrogens is 2. The summed E-state index contributed by atoms with van der Waals surface area (Å²) in [5.74, 6) is -1.45. The largest absolute Gasteiger partial charge is 0.416 e. The molecular formula is C12H7ClF4N2O2. The molecule has 0 aliphatic carbocycles. The maximum atomic E-state index is 13.4. The average molecular weight is 323 g/mol. The lowest BCUT2D eigenvalue weighted by atomic mass is 10.1. The Morgan fingerprint density at radius 1 is 1.24 bits per heavy atom. The molecule has 0 atom stereocenters. The molecule has 112 valence electrons. The lowest BCUT2D eigenvalue weighted by Gasteiger charge is -2.12. The van der Waals surface area contributed by atoms with Crippen LogP contribution in [0.2, 0.25) is 5.15 Å². The number of hydrogen-bond acceptors (Lipinski definition) is 2. The molecule has 2 aromatic rings. The smallest absolute Gasteiger partial charge is 0.295 e. The topological polar surface area (TPSA) is 54.9 Å². The number of benzene rings is 1. The van der Waals surface area contributed by atoms with Crippen molar-refractivity contribution in [2.45, 2.75) is 13.1 Å². The van der Waals surface area contributed by atoms with Crippen LogP contribution in [0.3, 0.4) is 0 Å². The Morgan fingerprint density at radius 2 is 1.86 bits per heavy atom. The zero-order valence-corrected chi connectivity index (χ0v) is 11.1. The van der Waals surface area contributed by atoms with Crippen LogP contribution in [-0.4, -0.2) is 9.55 Å². The highest BCUT2D eigenvalue weighted by Gasteiger charge is 2.33. The minimum atomic E-state index is -4.67. The summed E-state index contributed by atoms with van der Waals surface area (Å²) in [5.41, 5.74) is -4.09. The van der Waals surface area contributed by atoms with E-state index in [1.54, 1.807) is 0 Å².